The van der Waals surface area contributed by atoms with Gasteiger partial charge in [0.25, 0.3) is 0 Å². The molecule has 0 aliphatic carbocycles. The first-order chi connectivity index (χ1) is 9.15. The Morgan fingerprint density at radius 1 is 1.42 bits per heavy atom. The van der Waals surface area contributed by atoms with Crippen molar-refractivity contribution in [2.45, 2.75) is 44.7 Å². The molecule has 0 radical (unpaired) electrons. The van der Waals surface area contributed by atoms with E-state index in [9.17, 15) is 4.79 Å². The molecule has 0 spiro atoms. The molecule has 4 heteroatoms. The molecule has 2 unspecified atom stereocenters. The molecule has 2 rings (SSSR count). The second-order valence-corrected chi connectivity index (χ2v) is 6.16. The molecule has 19 heavy (non-hydrogen) atoms. The Balaban J connectivity index is 1.81. The maximum atomic E-state index is 12.1. The quantitative estimate of drug-likeness (QED) is 0.894. The van der Waals surface area contributed by atoms with E-state index in [2.05, 4.69) is 45.6 Å². The van der Waals surface area contributed by atoms with Gasteiger partial charge in [-0.15, -0.1) is 0 Å². The highest BCUT2D eigenvalue weighted by Crippen LogP contribution is 2.12. The van der Waals surface area contributed by atoms with Gasteiger partial charge in [-0.1, -0.05) is 34.5 Å². The summed E-state index contributed by atoms with van der Waals surface area (Å²) in [4.78, 5) is 12.1. The van der Waals surface area contributed by atoms with Gasteiger partial charge in [0.2, 0.25) is 5.91 Å². The number of hydrogen-bond donors (Lipinski definition) is 2. The van der Waals surface area contributed by atoms with Crippen LogP contribution in [0.5, 0.6) is 0 Å². The van der Waals surface area contributed by atoms with Crippen LogP contribution in [0.1, 0.15) is 31.7 Å². The molecule has 1 fully saturated rings. The van der Waals surface area contributed by atoms with Crippen LogP contribution in [0.2, 0.25) is 0 Å². The highest BCUT2D eigenvalue weighted by molar-refractivity contribution is 9.10. The molecule has 104 valence electrons. The Hall–Kier alpha value is -0.870. The molecule has 0 bridgehead atoms. The number of piperidine rings is 1. The van der Waals surface area contributed by atoms with Crippen molar-refractivity contribution in [3.05, 3.63) is 34.3 Å². The standard InChI is InChI=1S/C15H21BrN2O/c1-11(10-12-5-7-13(16)8-6-12)18-15(19)14-4-2-3-9-17-14/h5-8,11,14,17H,2-4,9-10H2,1H3,(H,18,19). The average Bonchev–Trinajstić information content (AvgIpc) is 2.42. The fourth-order valence-electron chi connectivity index (χ4n) is 2.44. The molecular weight excluding hydrogens is 304 g/mol. The molecule has 1 heterocycles. The first-order valence-corrected chi connectivity index (χ1v) is 7.72. The number of amides is 1. The molecule has 1 saturated heterocycles. The van der Waals surface area contributed by atoms with Gasteiger partial charge in [0.05, 0.1) is 6.04 Å². The molecule has 0 aromatic heterocycles. The van der Waals surface area contributed by atoms with Crippen LogP contribution in [-0.4, -0.2) is 24.5 Å². The number of carbonyl (C=O) groups is 1. The van der Waals surface area contributed by atoms with Gasteiger partial charge in [-0.05, 0) is 50.4 Å². The molecule has 2 N–H and O–H groups in total. The number of benzene rings is 1. The third-order valence-electron chi connectivity index (χ3n) is 3.47. The third kappa shape index (κ3) is 4.62. The van der Waals surface area contributed by atoms with Crippen LogP contribution in [0.3, 0.4) is 0 Å². The van der Waals surface area contributed by atoms with Gasteiger partial charge >= 0.3 is 0 Å². The number of halogens is 1. The van der Waals surface area contributed by atoms with Crippen molar-refractivity contribution in [2.24, 2.45) is 0 Å². The maximum Gasteiger partial charge on any atom is 0.237 e. The molecule has 2 atom stereocenters. The summed E-state index contributed by atoms with van der Waals surface area (Å²) in [6.07, 6.45) is 4.15. The molecule has 1 aromatic carbocycles. The summed E-state index contributed by atoms with van der Waals surface area (Å²) in [5.41, 5.74) is 1.24. The fraction of sp³-hybridized carbons (Fsp3) is 0.533. The Bertz CT molecular complexity index is 413. The number of hydrogen-bond acceptors (Lipinski definition) is 2. The topological polar surface area (TPSA) is 41.1 Å². The second-order valence-electron chi connectivity index (χ2n) is 5.24. The minimum atomic E-state index is 0.00104. The third-order valence-corrected chi connectivity index (χ3v) is 4.00. The van der Waals surface area contributed by atoms with Crippen LogP contribution in [0.4, 0.5) is 0 Å². The van der Waals surface area contributed by atoms with Crippen molar-refractivity contribution < 1.29 is 4.79 Å². The van der Waals surface area contributed by atoms with Crippen LogP contribution in [0, 0.1) is 0 Å². The van der Waals surface area contributed by atoms with E-state index in [1.54, 1.807) is 0 Å². The van der Waals surface area contributed by atoms with Crippen LogP contribution < -0.4 is 10.6 Å². The Kier molecular flexibility index (Phi) is 5.40. The minimum absolute atomic E-state index is 0.00104. The lowest BCUT2D eigenvalue weighted by molar-refractivity contribution is -0.124. The lowest BCUT2D eigenvalue weighted by Crippen LogP contribution is -2.49. The van der Waals surface area contributed by atoms with Crippen molar-refractivity contribution in [1.82, 2.24) is 10.6 Å². The summed E-state index contributed by atoms with van der Waals surface area (Å²) >= 11 is 3.43. The van der Waals surface area contributed by atoms with Crippen molar-refractivity contribution in [3.63, 3.8) is 0 Å². The van der Waals surface area contributed by atoms with E-state index in [0.717, 1.165) is 30.3 Å². The smallest absolute Gasteiger partial charge is 0.237 e. The largest absolute Gasteiger partial charge is 0.352 e. The zero-order valence-electron chi connectivity index (χ0n) is 11.3. The van der Waals surface area contributed by atoms with E-state index >= 15 is 0 Å². The van der Waals surface area contributed by atoms with Crippen LogP contribution >= 0.6 is 15.9 Å². The molecular formula is C15H21BrN2O. The number of nitrogens with one attached hydrogen (secondary N) is 2. The van der Waals surface area contributed by atoms with Gasteiger partial charge in [-0.3, -0.25) is 4.79 Å². The van der Waals surface area contributed by atoms with Crippen LogP contribution in [0.25, 0.3) is 0 Å². The zero-order valence-corrected chi connectivity index (χ0v) is 12.9. The summed E-state index contributed by atoms with van der Waals surface area (Å²) in [6, 6.07) is 8.41. The first-order valence-electron chi connectivity index (χ1n) is 6.93. The summed E-state index contributed by atoms with van der Waals surface area (Å²) in [6.45, 7) is 3.02. The molecule has 1 amide bonds. The first kappa shape index (κ1) is 14.5. The zero-order chi connectivity index (χ0) is 13.7. The second kappa shape index (κ2) is 7.06. The monoisotopic (exact) mass is 324 g/mol. The molecule has 1 aliphatic heterocycles. The van der Waals surface area contributed by atoms with Crippen LogP contribution in [0.15, 0.2) is 28.7 Å². The Morgan fingerprint density at radius 3 is 2.79 bits per heavy atom. The van der Waals surface area contributed by atoms with Crippen molar-refractivity contribution in [1.29, 1.82) is 0 Å². The predicted octanol–water partition coefficient (Wildman–Crippen LogP) is 2.64. The number of carbonyl (C=O) groups excluding carboxylic acids is 1. The lowest BCUT2D eigenvalue weighted by Gasteiger charge is -2.24. The van der Waals surface area contributed by atoms with E-state index in [-0.39, 0.29) is 18.0 Å². The summed E-state index contributed by atoms with van der Waals surface area (Å²) in [7, 11) is 0. The highest BCUT2D eigenvalue weighted by Gasteiger charge is 2.21. The molecule has 1 aromatic rings. The van der Waals surface area contributed by atoms with E-state index in [0.29, 0.717) is 0 Å². The number of rotatable bonds is 4. The van der Waals surface area contributed by atoms with E-state index in [1.165, 1.54) is 12.0 Å². The maximum absolute atomic E-state index is 12.1. The van der Waals surface area contributed by atoms with Gasteiger partial charge in [0.1, 0.15) is 0 Å². The van der Waals surface area contributed by atoms with Gasteiger partial charge in [0, 0.05) is 10.5 Å². The van der Waals surface area contributed by atoms with Gasteiger partial charge in [-0.2, -0.15) is 0 Å². The van der Waals surface area contributed by atoms with Gasteiger partial charge in [-0.25, -0.2) is 0 Å². The van der Waals surface area contributed by atoms with Crippen molar-refractivity contribution in [3.8, 4) is 0 Å². The summed E-state index contributed by atoms with van der Waals surface area (Å²) in [5.74, 6) is 0.143. The minimum Gasteiger partial charge on any atom is -0.352 e. The van der Waals surface area contributed by atoms with Gasteiger partial charge in [0.15, 0.2) is 0 Å². The predicted molar refractivity (Wildman–Crippen MR) is 81.1 cm³/mol. The Morgan fingerprint density at radius 2 is 2.16 bits per heavy atom. The molecule has 3 nitrogen and oxygen atoms in total. The van der Waals surface area contributed by atoms with E-state index in [1.807, 2.05) is 12.1 Å². The summed E-state index contributed by atoms with van der Waals surface area (Å²) in [5, 5.41) is 6.38. The normalized spacial score (nSPS) is 20.8. The van der Waals surface area contributed by atoms with Gasteiger partial charge < -0.3 is 10.6 Å². The van der Waals surface area contributed by atoms with Crippen molar-refractivity contribution in [2.75, 3.05) is 6.54 Å². The van der Waals surface area contributed by atoms with Crippen molar-refractivity contribution >= 4 is 21.8 Å². The van der Waals surface area contributed by atoms with E-state index < -0.39 is 0 Å². The SMILES string of the molecule is CC(Cc1ccc(Br)cc1)NC(=O)C1CCCCN1. The Labute approximate surface area is 123 Å². The van der Waals surface area contributed by atoms with E-state index in [4.69, 9.17) is 0 Å². The highest BCUT2D eigenvalue weighted by atomic mass is 79.9. The molecule has 0 saturated carbocycles. The summed E-state index contributed by atoms with van der Waals surface area (Å²) < 4.78 is 1.08. The van der Waals surface area contributed by atoms with Crippen LogP contribution in [-0.2, 0) is 11.2 Å². The lowest BCUT2D eigenvalue weighted by atomic mass is 10.0. The fourth-order valence-corrected chi connectivity index (χ4v) is 2.71. The average molecular weight is 325 g/mol. The molecule has 1 aliphatic rings.